The quantitative estimate of drug-likeness (QED) is 0.647. The Labute approximate surface area is 186 Å². The molecule has 0 aromatic heterocycles. The number of para-hydroxylation sites is 1. The van der Waals surface area contributed by atoms with Gasteiger partial charge in [0.1, 0.15) is 0 Å². The molecule has 0 aliphatic carbocycles. The number of likely N-dealkylation sites (N-methyl/N-ethyl adjacent to an activating group) is 1. The van der Waals surface area contributed by atoms with Crippen molar-refractivity contribution in [2.45, 2.75) is 33.4 Å². The van der Waals surface area contributed by atoms with E-state index in [-0.39, 0.29) is 11.9 Å². The molecule has 0 spiro atoms. The topological polar surface area (TPSA) is 45.3 Å². The van der Waals surface area contributed by atoms with Crippen molar-refractivity contribution in [1.29, 1.82) is 0 Å². The monoisotopic (exact) mass is 425 g/mol. The molecule has 0 bridgehead atoms. The van der Waals surface area contributed by atoms with E-state index < -0.39 is 0 Å². The molecule has 2 aromatic rings. The summed E-state index contributed by atoms with van der Waals surface area (Å²) in [5.74, 6) is 1.69. The Morgan fingerprint density at radius 2 is 1.65 bits per heavy atom. The predicted molar refractivity (Wildman–Crippen MR) is 125 cm³/mol. The Kier molecular flexibility index (Phi) is 7.93. The minimum Gasteiger partial charge on any atom is -0.493 e. The summed E-state index contributed by atoms with van der Waals surface area (Å²) in [5.41, 5.74) is 3.41. The maximum Gasteiger partial charge on any atom is 0.244 e. The Balaban J connectivity index is 1.60. The number of ether oxygens (including phenoxy) is 2. The van der Waals surface area contributed by atoms with Gasteiger partial charge in [0, 0.05) is 45.0 Å². The van der Waals surface area contributed by atoms with Crippen LogP contribution in [0, 0.1) is 6.92 Å². The molecule has 1 saturated heterocycles. The number of hydrogen-bond donors (Lipinski definition) is 0. The third kappa shape index (κ3) is 5.38. The van der Waals surface area contributed by atoms with Crippen LogP contribution >= 0.6 is 0 Å². The van der Waals surface area contributed by atoms with E-state index in [1.54, 1.807) is 14.2 Å². The molecule has 3 rings (SSSR count). The van der Waals surface area contributed by atoms with Gasteiger partial charge in [-0.25, -0.2) is 0 Å². The number of carbonyl (C=O) groups excluding carboxylic acids is 1. The molecule has 6 heteroatoms. The maximum atomic E-state index is 13.2. The highest BCUT2D eigenvalue weighted by Gasteiger charge is 2.29. The Morgan fingerprint density at radius 1 is 1.03 bits per heavy atom. The Bertz CT molecular complexity index is 864. The van der Waals surface area contributed by atoms with E-state index in [9.17, 15) is 4.79 Å². The molecule has 1 heterocycles. The third-order valence-electron chi connectivity index (χ3n) is 6.20. The van der Waals surface area contributed by atoms with Crippen LogP contribution in [0.1, 0.15) is 25.0 Å². The minimum atomic E-state index is -0.134. The highest BCUT2D eigenvalue weighted by molar-refractivity contribution is 5.96. The molecule has 31 heavy (non-hydrogen) atoms. The van der Waals surface area contributed by atoms with Gasteiger partial charge < -0.3 is 14.4 Å². The Hall–Kier alpha value is -2.57. The first kappa shape index (κ1) is 23.1. The molecule has 0 N–H and O–H groups in total. The normalized spacial score (nSPS) is 16.0. The van der Waals surface area contributed by atoms with Crippen LogP contribution in [-0.2, 0) is 11.3 Å². The summed E-state index contributed by atoms with van der Waals surface area (Å²) in [6, 6.07) is 13.9. The van der Waals surface area contributed by atoms with Crippen molar-refractivity contribution in [3.63, 3.8) is 0 Å². The molecule has 1 aliphatic heterocycles. The average Bonchev–Trinajstić information content (AvgIpc) is 2.81. The van der Waals surface area contributed by atoms with Gasteiger partial charge in [0.2, 0.25) is 5.91 Å². The molecule has 0 saturated carbocycles. The highest BCUT2D eigenvalue weighted by Crippen LogP contribution is 2.31. The van der Waals surface area contributed by atoms with Gasteiger partial charge in [0.25, 0.3) is 0 Å². The van der Waals surface area contributed by atoms with Crippen molar-refractivity contribution < 1.29 is 14.3 Å². The summed E-state index contributed by atoms with van der Waals surface area (Å²) in [6.07, 6.45) is 0. The molecule has 0 unspecified atom stereocenters. The van der Waals surface area contributed by atoms with Crippen LogP contribution in [0.15, 0.2) is 42.5 Å². The van der Waals surface area contributed by atoms with Crippen molar-refractivity contribution in [3.05, 3.63) is 53.6 Å². The fourth-order valence-electron chi connectivity index (χ4n) is 4.20. The van der Waals surface area contributed by atoms with Crippen molar-refractivity contribution in [2.24, 2.45) is 0 Å². The van der Waals surface area contributed by atoms with Crippen LogP contribution < -0.4 is 14.4 Å². The third-order valence-corrected chi connectivity index (χ3v) is 6.20. The van der Waals surface area contributed by atoms with E-state index >= 15 is 0 Å². The number of piperazine rings is 1. The SMILES string of the molecule is CCN(C(=O)[C@H](C)N1CCN(Cc2cc(OC)c(OC)cc2C)CC1)c1ccccc1. The number of aryl methyl sites for hydroxylation is 1. The van der Waals surface area contributed by atoms with Crippen LogP contribution in [-0.4, -0.2) is 68.7 Å². The number of amides is 1. The van der Waals surface area contributed by atoms with Crippen LogP contribution in [0.2, 0.25) is 0 Å². The number of hydrogen-bond acceptors (Lipinski definition) is 5. The zero-order valence-electron chi connectivity index (χ0n) is 19.4. The Morgan fingerprint density at radius 3 is 2.23 bits per heavy atom. The van der Waals surface area contributed by atoms with Gasteiger partial charge in [-0.15, -0.1) is 0 Å². The number of anilines is 1. The summed E-state index contributed by atoms with van der Waals surface area (Å²) in [5, 5.41) is 0. The molecule has 1 fully saturated rings. The lowest BCUT2D eigenvalue weighted by Crippen LogP contribution is -2.54. The van der Waals surface area contributed by atoms with Gasteiger partial charge >= 0.3 is 0 Å². The number of nitrogens with zero attached hydrogens (tertiary/aromatic N) is 3. The van der Waals surface area contributed by atoms with Crippen LogP contribution in [0.25, 0.3) is 0 Å². The second-order valence-corrected chi connectivity index (χ2v) is 8.04. The van der Waals surface area contributed by atoms with Gasteiger partial charge in [0.15, 0.2) is 11.5 Å². The van der Waals surface area contributed by atoms with Crippen LogP contribution in [0.5, 0.6) is 11.5 Å². The second kappa shape index (κ2) is 10.6. The van der Waals surface area contributed by atoms with E-state index in [2.05, 4.69) is 22.8 Å². The molecule has 1 atom stereocenters. The molecule has 168 valence electrons. The molecular formula is C25H35N3O3. The van der Waals surface area contributed by atoms with Gasteiger partial charge in [0.05, 0.1) is 20.3 Å². The molecule has 2 aromatic carbocycles. The first-order valence-corrected chi connectivity index (χ1v) is 11.0. The van der Waals surface area contributed by atoms with Gasteiger partial charge in [-0.3, -0.25) is 14.6 Å². The first-order chi connectivity index (χ1) is 15.0. The van der Waals surface area contributed by atoms with Crippen molar-refractivity contribution >= 4 is 11.6 Å². The summed E-state index contributed by atoms with van der Waals surface area (Å²) < 4.78 is 10.9. The first-order valence-electron chi connectivity index (χ1n) is 11.0. The largest absolute Gasteiger partial charge is 0.493 e. The fourth-order valence-corrected chi connectivity index (χ4v) is 4.20. The predicted octanol–water partition coefficient (Wildman–Crippen LogP) is 3.57. The van der Waals surface area contributed by atoms with E-state index in [0.717, 1.165) is 49.9 Å². The van der Waals surface area contributed by atoms with Crippen LogP contribution in [0.4, 0.5) is 5.69 Å². The number of rotatable bonds is 8. The fraction of sp³-hybridized carbons (Fsp3) is 0.480. The lowest BCUT2D eigenvalue weighted by Gasteiger charge is -2.39. The molecule has 0 radical (unpaired) electrons. The zero-order valence-corrected chi connectivity index (χ0v) is 19.4. The van der Waals surface area contributed by atoms with E-state index in [4.69, 9.17) is 9.47 Å². The molecule has 1 aliphatic rings. The number of benzene rings is 2. The lowest BCUT2D eigenvalue weighted by atomic mass is 10.1. The van der Waals surface area contributed by atoms with Gasteiger partial charge in [-0.1, -0.05) is 18.2 Å². The molecule has 6 nitrogen and oxygen atoms in total. The second-order valence-electron chi connectivity index (χ2n) is 8.04. The van der Waals surface area contributed by atoms with Crippen molar-refractivity contribution in [2.75, 3.05) is 51.8 Å². The molecule has 1 amide bonds. The van der Waals surface area contributed by atoms with Crippen LogP contribution in [0.3, 0.4) is 0 Å². The summed E-state index contributed by atoms with van der Waals surface area (Å²) in [6.45, 7) is 11.3. The molecular weight excluding hydrogens is 390 g/mol. The lowest BCUT2D eigenvalue weighted by molar-refractivity contribution is -0.124. The average molecular weight is 426 g/mol. The minimum absolute atomic E-state index is 0.134. The zero-order chi connectivity index (χ0) is 22.4. The highest BCUT2D eigenvalue weighted by atomic mass is 16.5. The van der Waals surface area contributed by atoms with Gasteiger partial charge in [-0.05, 0) is 56.2 Å². The summed E-state index contributed by atoms with van der Waals surface area (Å²) in [4.78, 5) is 19.8. The van der Waals surface area contributed by atoms with Crippen molar-refractivity contribution in [3.8, 4) is 11.5 Å². The number of carbonyl (C=O) groups is 1. The van der Waals surface area contributed by atoms with E-state index in [1.165, 1.54) is 11.1 Å². The van der Waals surface area contributed by atoms with Gasteiger partial charge in [-0.2, -0.15) is 0 Å². The van der Waals surface area contributed by atoms with Crippen molar-refractivity contribution in [1.82, 2.24) is 9.80 Å². The number of methoxy groups -OCH3 is 2. The maximum absolute atomic E-state index is 13.2. The van der Waals surface area contributed by atoms with E-state index in [0.29, 0.717) is 6.54 Å². The summed E-state index contributed by atoms with van der Waals surface area (Å²) >= 11 is 0. The van der Waals surface area contributed by atoms with E-state index in [1.807, 2.05) is 55.1 Å². The smallest absolute Gasteiger partial charge is 0.244 e. The summed E-state index contributed by atoms with van der Waals surface area (Å²) in [7, 11) is 3.33. The standard InChI is InChI=1S/C25H35N3O3/c1-6-28(22-10-8-7-9-11-22)25(29)20(3)27-14-12-26(13-15-27)18-21-17-24(31-5)23(30-4)16-19(21)2/h7-11,16-17,20H,6,12-15,18H2,1-5H3/t20-/m0/s1.